The van der Waals surface area contributed by atoms with Gasteiger partial charge in [0.2, 0.25) is 5.91 Å². The maximum absolute atomic E-state index is 13.0. The average Bonchev–Trinajstić information content (AvgIpc) is 3.31. The molecule has 2 aromatic heterocycles. The summed E-state index contributed by atoms with van der Waals surface area (Å²) < 4.78 is 2.20. The van der Waals surface area contributed by atoms with Crippen molar-refractivity contribution in [3.05, 3.63) is 47.7 Å². The van der Waals surface area contributed by atoms with E-state index in [1.807, 2.05) is 13.0 Å². The SMILES string of the molecule is Cc1nnc2n1CC1CCC(C2)N1C(=O)CCCc1c[nH]c2ccccc12. The summed E-state index contributed by atoms with van der Waals surface area (Å²) in [7, 11) is 0. The van der Waals surface area contributed by atoms with Crippen molar-refractivity contribution < 1.29 is 4.79 Å². The lowest BCUT2D eigenvalue weighted by Crippen LogP contribution is -2.42. The van der Waals surface area contributed by atoms with Gasteiger partial charge in [-0.2, -0.15) is 0 Å². The normalized spacial score (nSPS) is 21.4. The fourth-order valence-electron chi connectivity index (χ4n) is 4.88. The maximum Gasteiger partial charge on any atom is 0.223 e. The molecule has 1 N–H and O–H groups in total. The molecule has 4 heterocycles. The number of fused-ring (bicyclic) bond motifs is 4. The predicted octanol–water partition coefficient (Wildman–Crippen LogP) is 3.01. The fourth-order valence-corrected chi connectivity index (χ4v) is 4.88. The van der Waals surface area contributed by atoms with Crippen LogP contribution < -0.4 is 0 Å². The Bertz CT molecular complexity index is 988. The molecule has 140 valence electrons. The number of hydrogen-bond acceptors (Lipinski definition) is 3. The molecular weight excluding hydrogens is 338 g/mol. The number of H-pyrrole nitrogens is 1. The number of para-hydroxylation sites is 1. The van der Waals surface area contributed by atoms with Crippen LogP contribution in [0.25, 0.3) is 10.9 Å². The number of carbonyl (C=O) groups excluding carboxylic acids is 1. The first kappa shape index (κ1) is 16.5. The first-order valence-corrected chi connectivity index (χ1v) is 9.95. The molecule has 2 aliphatic heterocycles. The van der Waals surface area contributed by atoms with E-state index < -0.39 is 0 Å². The zero-order chi connectivity index (χ0) is 18.4. The zero-order valence-corrected chi connectivity index (χ0v) is 15.7. The summed E-state index contributed by atoms with van der Waals surface area (Å²) in [6.07, 6.45) is 7.54. The minimum absolute atomic E-state index is 0.292. The van der Waals surface area contributed by atoms with Crippen LogP contribution in [0.1, 0.15) is 42.9 Å². The number of aryl methyl sites for hydroxylation is 2. The Morgan fingerprint density at radius 2 is 2.07 bits per heavy atom. The van der Waals surface area contributed by atoms with E-state index in [1.165, 1.54) is 16.5 Å². The van der Waals surface area contributed by atoms with Gasteiger partial charge in [0.15, 0.2) is 0 Å². The van der Waals surface area contributed by atoms with Gasteiger partial charge in [0.05, 0.1) is 6.04 Å². The Hall–Kier alpha value is -2.63. The highest BCUT2D eigenvalue weighted by Crippen LogP contribution is 2.32. The molecule has 6 nitrogen and oxygen atoms in total. The van der Waals surface area contributed by atoms with E-state index in [9.17, 15) is 4.79 Å². The van der Waals surface area contributed by atoms with Crippen LogP contribution in [0.15, 0.2) is 30.5 Å². The van der Waals surface area contributed by atoms with Crippen molar-refractivity contribution in [3.8, 4) is 0 Å². The molecule has 5 rings (SSSR count). The number of carbonyl (C=O) groups is 1. The van der Waals surface area contributed by atoms with Crippen molar-refractivity contribution in [2.24, 2.45) is 0 Å². The van der Waals surface area contributed by atoms with E-state index in [4.69, 9.17) is 0 Å². The summed E-state index contributed by atoms with van der Waals surface area (Å²) in [5.41, 5.74) is 2.47. The number of amides is 1. The molecule has 2 atom stereocenters. The van der Waals surface area contributed by atoms with Crippen molar-refractivity contribution in [3.63, 3.8) is 0 Å². The highest BCUT2D eigenvalue weighted by atomic mass is 16.2. The first-order chi connectivity index (χ1) is 13.2. The quantitative estimate of drug-likeness (QED) is 0.775. The minimum Gasteiger partial charge on any atom is -0.361 e. The molecule has 0 saturated carbocycles. The molecule has 27 heavy (non-hydrogen) atoms. The highest BCUT2D eigenvalue weighted by Gasteiger charge is 2.40. The van der Waals surface area contributed by atoms with Crippen LogP contribution in [0, 0.1) is 6.92 Å². The third-order valence-electron chi connectivity index (χ3n) is 6.24. The number of hydrogen-bond donors (Lipinski definition) is 1. The summed E-state index contributed by atoms with van der Waals surface area (Å²) in [6.45, 7) is 2.85. The Labute approximate surface area is 158 Å². The van der Waals surface area contributed by atoms with Gasteiger partial charge in [0.1, 0.15) is 11.6 Å². The Morgan fingerprint density at radius 3 is 3.00 bits per heavy atom. The number of nitrogens with zero attached hydrogens (tertiary/aromatic N) is 4. The van der Waals surface area contributed by atoms with Crippen LogP contribution in [0.3, 0.4) is 0 Å². The summed E-state index contributed by atoms with van der Waals surface area (Å²) in [4.78, 5) is 18.5. The molecule has 2 bridgehead atoms. The highest BCUT2D eigenvalue weighted by molar-refractivity contribution is 5.83. The van der Waals surface area contributed by atoms with Crippen molar-refractivity contribution in [1.82, 2.24) is 24.6 Å². The number of aromatic nitrogens is 4. The molecule has 0 aliphatic carbocycles. The number of rotatable bonds is 4. The number of benzene rings is 1. The predicted molar refractivity (Wildman–Crippen MR) is 103 cm³/mol. The van der Waals surface area contributed by atoms with Gasteiger partial charge in [-0.3, -0.25) is 4.79 Å². The maximum atomic E-state index is 13.0. The summed E-state index contributed by atoms with van der Waals surface area (Å²) in [6, 6.07) is 8.95. The monoisotopic (exact) mass is 363 g/mol. The molecule has 2 aliphatic rings. The van der Waals surface area contributed by atoms with Crippen LogP contribution in [0.2, 0.25) is 0 Å². The van der Waals surface area contributed by atoms with E-state index in [0.717, 1.165) is 50.3 Å². The molecule has 1 aromatic carbocycles. The van der Waals surface area contributed by atoms with Gasteiger partial charge in [0.25, 0.3) is 0 Å². The summed E-state index contributed by atoms with van der Waals surface area (Å²) in [5.74, 6) is 2.30. The van der Waals surface area contributed by atoms with E-state index in [1.54, 1.807) is 0 Å². The second-order valence-electron chi connectivity index (χ2n) is 7.88. The van der Waals surface area contributed by atoms with Gasteiger partial charge < -0.3 is 14.5 Å². The minimum atomic E-state index is 0.292. The number of aromatic amines is 1. The van der Waals surface area contributed by atoms with Gasteiger partial charge in [-0.25, -0.2) is 0 Å². The molecule has 6 heteroatoms. The van der Waals surface area contributed by atoms with Gasteiger partial charge >= 0.3 is 0 Å². The largest absolute Gasteiger partial charge is 0.361 e. The average molecular weight is 363 g/mol. The van der Waals surface area contributed by atoms with Gasteiger partial charge in [0, 0.05) is 42.5 Å². The van der Waals surface area contributed by atoms with Crippen LogP contribution in [0.4, 0.5) is 0 Å². The Balaban J connectivity index is 1.25. The van der Waals surface area contributed by atoms with Crippen LogP contribution in [0.5, 0.6) is 0 Å². The lowest BCUT2D eigenvalue weighted by molar-refractivity contribution is -0.134. The van der Waals surface area contributed by atoms with Crippen molar-refractivity contribution >= 4 is 16.8 Å². The van der Waals surface area contributed by atoms with Crippen molar-refractivity contribution in [2.45, 2.75) is 64.1 Å². The van der Waals surface area contributed by atoms with Crippen molar-refractivity contribution in [1.29, 1.82) is 0 Å². The van der Waals surface area contributed by atoms with Crippen LogP contribution in [-0.4, -0.2) is 42.6 Å². The van der Waals surface area contributed by atoms with Crippen LogP contribution in [-0.2, 0) is 24.2 Å². The summed E-state index contributed by atoms with van der Waals surface area (Å²) >= 11 is 0. The molecular formula is C21H25N5O. The fraction of sp³-hybridized carbons (Fsp3) is 0.476. The molecule has 3 aromatic rings. The van der Waals surface area contributed by atoms with Gasteiger partial charge in [-0.15, -0.1) is 10.2 Å². The second kappa shape index (κ2) is 6.51. The molecule has 0 spiro atoms. The lowest BCUT2D eigenvalue weighted by Gasteiger charge is -2.28. The molecule has 1 amide bonds. The molecule has 1 fully saturated rings. The van der Waals surface area contributed by atoms with E-state index in [2.05, 4.69) is 49.0 Å². The standard InChI is InChI=1S/C21H25N5O/c1-14-23-24-20-11-16-9-10-17(13-25(14)20)26(16)21(27)8-4-5-15-12-22-19-7-3-2-6-18(15)19/h2-3,6-7,12,16-17,22H,4-5,8-11,13H2,1H3. The Morgan fingerprint density at radius 1 is 1.22 bits per heavy atom. The number of nitrogens with one attached hydrogen (secondary N) is 1. The second-order valence-corrected chi connectivity index (χ2v) is 7.88. The lowest BCUT2D eigenvalue weighted by atomic mass is 10.1. The van der Waals surface area contributed by atoms with E-state index in [-0.39, 0.29) is 0 Å². The first-order valence-electron chi connectivity index (χ1n) is 9.95. The van der Waals surface area contributed by atoms with Gasteiger partial charge in [-0.1, -0.05) is 18.2 Å². The third kappa shape index (κ3) is 2.83. The topological polar surface area (TPSA) is 66.8 Å². The molecule has 0 radical (unpaired) electrons. The van der Waals surface area contributed by atoms with Gasteiger partial charge in [-0.05, 0) is 44.2 Å². The zero-order valence-electron chi connectivity index (χ0n) is 15.7. The molecule has 2 unspecified atom stereocenters. The van der Waals surface area contributed by atoms with Crippen molar-refractivity contribution in [2.75, 3.05) is 0 Å². The Kier molecular flexibility index (Phi) is 3.99. The van der Waals surface area contributed by atoms with Crippen LogP contribution >= 0.6 is 0 Å². The molecule has 1 saturated heterocycles. The smallest absolute Gasteiger partial charge is 0.223 e. The van der Waals surface area contributed by atoms with E-state index >= 15 is 0 Å². The van der Waals surface area contributed by atoms with E-state index in [0.29, 0.717) is 24.4 Å². The summed E-state index contributed by atoms with van der Waals surface area (Å²) in [5, 5.41) is 9.81. The third-order valence-corrected chi connectivity index (χ3v) is 6.24.